The van der Waals surface area contributed by atoms with Crippen LogP contribution in [0.25, 0.3) is 12.2 Å². The minimum absolute atomic E-state index is 0.212. The van der Waals surface area contributed by atoms with Crippen LogP contribution in [0.15, 0.2) is 76.5 Å². The van der Waals surface area contributed by atoms with Gasteiger partial charge >= 0.3 is 0 Å². The Hall–Kier alpha value is -4.05. The van der Waals surface area contributed by atoms with Gasteiger partial charge in [-0.15, -0.1) is 4.33 Å². The second-order valence-corrected chi connectivity index (χ2v) is 10.1. The average Bonchev–Trinajstić information content (AvgIpc) is 2.91. The highest BCUT2D eigenvalue weighted by molar-refractivity contribution is 7.94. The average molecular weight is 569 g/mol. The van der Waals surface area contributed by atoms with E-state index in [1.165, 1.54) is 6.07 Å². The van der Waals surface area contributed by atoms with Crippen LogP contribution in [-0.2, 0) is 19.5 Å². The van der Waals surface area contributed by atoms with Crippen LogP contribution in [-0.4, -0.2) is 40.2 Å². The van der Waals surface area contributed by atoms with E-state index in [-0.39, 0.29) is 10.8 Å². The highest BCUT2D eigenvalue weighted by Gasteiger charge is 2.15. The van der Waals surface area contributed by atoms with Gasteiger partial charge in [0.1, 0.15) is 4.90 Å². The zero-order chi connectivity index (χ0) is 27.8. The smallest absolute Gasteiger partial charge is 0.295 e. The molecule has 0 fully saturated rings. The van der Waals surface area contributed by atoms with Crippen LogP contribution in [0.5, 0.6) is 0 Å². The lowest BCUT2D eigenvalue weighted by Crippen LogP contribution is -2.07. The number of hydrogen-bond donors (Lipinski definition) is 5. The van der Waals surface area contributed by atoms with E-state index in [1.807, 2.05) is 30.3 Å². The molecule has 3 aromatic carbocycles. The Morgan fingerprint density at radius 1 is 0.846 bits per heavy atom. The molecule has 202 valence electrons. The number of para-hydroxylation sites is 1. The third-order valence-electron chi connectivity index (χ3n) is 5.20. The maximum absolute atomic E-state index is 11.8. The summed E-state index contributed by atoms with van der Waals surface area (Å²) in [5.74, 6) is 0.913. The molecule has 0 aliphatic rings. The molecule has 1 heterocycles. The van der Waals surface area contributed by atoms with Crippen molar-refractivity contribution in [3.63, 3.8) is 0 Å². The molecule has 4 aromatic rings. The Morgan fingerprint density at radius 3 is 2.15 bits per heavy atom. The highest BCUT2D eigenvalue weighted by Crippen LogP contribution is 2.30. The molecule has 0 saturated carbocycles. The monoisotopic (exact) mass is 568 g/mol. The second kappa shape index (κ2) is 12.7. The van der Waals surface area contributed by atoms with Crippen LogP contribution in [0.1, 0.15) is 16.7 Å². The van der Waals surface area contributed by atoms with Crippen molar-refractivity contribution < 1.29 is 27.6 Å². The van der Waals surface area contributed by atoms with Crippen molar-refractivity contribution in [2.24, 2.45) is 0 Å². The van der Waals surface area contributed by atoms with Crippen molar-refractivity contribution in [2.75, 3.05) is 23.0 Å². The third-order valence-corrected chi connectivity index (χ3v) is 6.77. The number of nitrogens with zero attached hydrogens (tertiary/aromatic N) is 3. The van der Waals surface area contributed by atoms with E-state index in [0.29, 0.717) is 39.2 Å². The number of aromatic nitrogens is 3. The molecular formula is C25H24N6O6S2. The summed E-state index contributed by atoms with van der Waals surface area (Å²) in [5, 5.41) is 21.6. The minimum atomic E-state index is -4.43. The van der Waals surface area contributed by atoms with Crippen molar-refractivity contribution in [1.29, 1.82) is 0 Å². The summed E-state index contributed by atoms with van der Waals surface area (Å²) in [6.45, 7) is 1.72. The van der Waals surface area contributed by atoms with Gasteiger partial charge in [0.15, 0.2) is 0 Å². The molecule has 39 heavy (non-hydrogen) atoms. The quantitative estimate of drug-likeness (QED) is 0.0502. The number of rotatable bonds is 11. The predicted molar refractivity (Wildman–Crippen MR) is 149 cm³/mol. The summed E-state index contributed by atoms with van der Waals surface area (Å²) >= 11 is 0.723. The Morgan fingerprint density at radius 2 is 1.49 bits per heavy atom. The molecule has 0 aliphatic carbocycles. The topological polar surface area (TPSA) is 168 Å². The van der Waals surface area contributed by atoms with Gasteiger partial charge in [0.2, 0.25) is 17.8 Å². The SMILES string of the molecule is CNc1nc(Nc2ccccc2)nc(Nc2ccc(/C=C/c3ccc(C)cc3S(=O)(=O)O)c(SOOO)c2)n1. The Balaban J connectivity index is 1.63. The molecule has 5 N–H and O–H groups in total. The molecule has 14 heteroatoms. The van der Waals surface area contributed by atoms with Gasteiger partial charge in [-0.25, -0.2) is 5.26 Å². The molecule has 1 aromatic heterocycles. The van der Waals surface area contributed by atoms with Gasteiger partial charge in [0.05, 0.1) is 12.0 Å². The first-order chi connectivity index (χ1) is 18.7. The first kappa shape index (κ1) is 28.0. The zero-order valence-electron chi connectivity index (χ0n) is 20.7. The molecule has 0 saturated heterocycles. The Kier molecular flexibility index (Phi) is 9.08. The van der Waals surface area contributed by atoms with Crippen molar-refractivity contribution >= 4 is 63.5 Å². The predicted octanol–water partition coefficient (Wildman–Crippen LogP) is 5.55. The second-order valence-electron chi connectivity index (χ2n) is 8.00. The van der Waals surface area contributed by atoms with Crippen LogP contribution in [0.2, 0.25) is 0 Å². The summed E-state index contributed by atoms with van der Waals surface area (Å²) in [4.78, 5) is 13.4. The molecule has 0 atom stereocenters. The third kappa shape index (κ3) is 7.73. The van der Waals surface area contributed by atoms with Crippen molar-refractivity contribution in [3.8, 4) is 0 Å². The van der Waals surface area contributed by atoms with E-state index in [4.69, 9.17) is 5.26 Å². The van der Waals surface area contributed by atoms with Gasteiger partial charge in [-0.2, -0.15) is 23.4 Å². The maximum atomic E-state index is 11.8. The summed E-state index contributed by atoms with van der Waals surface area (Å²) in [6.07, 6.45) is 3.18. The van der Waals surface area contributed by atoms with Gasteiger partial charge in [0, 0.05) is 23.3 Å². The number of nitrogens with one attached hydrogen (secondary N) is 3. The standard InChI is InChI=1S/C25H24N6O6S2/c1-16-8-9-18(22(14-16)39(33,34)35)11-10-17-12-13-20(15-21(17)38-37-36-32)28-25-30-23(26-2)29-24(31-25)27-19-6-4-3-5-7-19/h3-15,32H,1-2H3,(H,33,34,35)(H3,26,27,28,29,30,31)/b11-10+. The van der Waals surface area contributed by atoms with Gasteiger partial charge in [-0.3, -0.25) is 4.55 Å². The van der Waals surface area contributed by atoms with E-state index in [9.17, 15) is 13.0 Å². The normalized spacial score (nSPS) is 11.5. The molecule has 4 rings (SSSR count). The van der Waals surface area contributed by atoms with Crippen molar-refractivity contribution in [1.82, 2.24) is 15.0 Å². The lowest BCUT2D eigenvalue weighted by Gasteiger charge is -2.12. The molecule has 0 aliphatic heterocycles. The van der Waals surface area contributed by atoms with Crippen LogP contribution in [0, 0.1) is 6.92 Å². The van der Waals surface area contributed by atoms with E-state index >= 15 is 0 Å². The Bertz CT molecular complexity index is 1590. The van der Waals surface area contributed by atoms with Crippen LogP contribution in [0.3, 0.4) is 0 Å². The summed E-state index contributed by atoms with van der Waals surface area (Å²) in [6, 6.07) is 19.3. The molecule has 12 nitrogen and oxygen atoms in total. The zero-order valence-corrected chi connectivity index (χ0v) is 22.3. The number of hydrogen-bond acceptors (Lipinski definition) is 12. The van der Waals surface area contributed by atoms with Gasteiger partial charge in [-0.05, 0) is 53.9 Å². The number of aryl methyl sites for hydroxylation is 1. The van der Waals surface area contributed by atoms with Gasteiger partial charge < -0.3 is 16.0 Å². The molecule has 0 amide bonds. The maximum Gasteiger partial charge on any atom is 0.295 e. The van der Waals surface area contributed by atoms with Crippen LogP contribution >= 0.6 is 12.0 Å². The molecule has 0 radical (unpaired) electrons. The van der Waals surface area contributed by atoms with E-state index in [1.54, 1.807) is 56.5 Å². The van der Waals surface area contributed by atoms with Crippen molar-refractivity contribution in [2.45, 2.75) is 16.7 Å². The summed E-state index contributed by atoms with van der Waals surface area (Å²) in [7, 11) is -2.74. The van der Waals surface area contributed by atoms with Gasteiger partial charge in [-0.1, -0.05) is 53.6 Å². The van der Waals surface area contributed by atoms with E-state index in [0.717, 1.165) is 17.7 Å². The molecule has 0 spiro atoms. The molecule has 0 bridgehead atoms. The van der Waals surface area contributed by atoms with Crippen LogP contribution < -0.4 is 16.0 Å². The van der Waals surface area contributed by atoms with Crippen molar-refractivity contribution in [3.05, 3.63) is 83.4 Å². The highest BCUT2D eigenvalue weighted by atomic mass is 32.2. The Labute approximate surface area is 229 Å². The minimum Gasteiger partial charge on any atom is -0.357 e. The van der Waals surface area contributed by atoms with E-state index in [2.05, 4.69) is 40.3 Å². The summed E-state index contributed by atoms with van der Waals surface area (Å²) < 4.78 is 37.9. The summed E-state index contributed by atoms with van der Waals surface area (Å²) in [5.41, 5.74) is 2.95. The largest absolute Gasteiger partial charge is 0.357 e. The first-order valence-corrected chi connectivity index (χ1v) is 13.5. The number of benzene rings is 3. The van der Waals surface area contributed by atoms with Crippen LogP contribution in [0.4, 0.5) is 29.2 Å². The lowest BCUT2D eigenvalue weighted by atomic mass is 10.1. The molecule has 0 unspecified atom stereocenters. The van der Waals surface area contributed by atoms with E-state index < -0.39 is 10.1 Å². The fourth-order valence-electron chi connectivity index (χ4n) is 3.44. The molecular weight excluding hydrogens is 544 g/mol. The number of anilines is 5. The first-order valence-electron chi connectivity index (χ1n) is 11.3. The lowest BCUT2D eigenvalue weighted by molar-refractivity contribution is -0.432. The fraction of sp³-hybridized carbons (Fsp3) is 0.0800. The van der Waals surface area contributed by atoms with Gasteiger partial charge in [0.25, 0.3) is 10.1 Å². The fourth-order valence-corrected chi connectivity index (χ4v) is 4.72.